The molecule has 0 bridgehead atoms. The third kappa shape index (κ3) is 3.21. The van der Waals surface area contributed by atoms with Gasteiger partial charge in [-0.05, 0) is 32.1 Å². The van der Waals surface area contributed by atoms with Gasteiger partial charge >= 0.3 is 0 Å². The van der Waals surface area contributed by atoms with Crippen molar-refractivity contribution in [1.82, 2.24) is 10.2 Å². The summed E-state index contributed by atoms with van der Waals surface area (Å²) >= 11 is 0. The fourth-order valence-corrected chi connectivity index (χ4v) is 2.97. The van der Waals surface area contributed by atoms with Crippen molar-refractivity contribution in [3.8, 4) is 0 Å². The van der Waals surface area contributed by atoms with E-state index in [4.69, 9.17) is 4.74 Å². The van der Waals surface area contributed by atoms with Crippen LogP contribution in [-0.4, -0.2) is 49.3 Å². The van der Waals surface area contributed by atoms with Crippen LogP contribution in [0.25, 0.3) is 0 Å². The highest BCUT2D eigenvalue weighted by Crippen LogP contribution is 2.23. The highest BCUT2D eigenvalue weighted by atomic mass is 16.5. The van der Waals surface area contributed by atoms with E-state index in [2.05, 4.69) is 37.9 Å². The van der Waals surface area contributed by atoms with Crippen molar-refractivity contribution >= 4 is 0 Å². The lowest BCUT2D eigenvalue weighted by atomic mass is 9.96. The molecule has 0 spiro atoms. The molecule has 2 saturated heterocycles. The maximum atomic E-state index is 5.67. The summed E-state index contributed by atoms with van der Waals surface area (Å²) in [6, 6.07) is 1.32. The standard InChI is InChI=1S/C14H28N2O/c1-10(2)14-9-16(11(3)7-15-14)8-13-5-6-17-12(13)4/h10-15H,5-9H2,1-4H3. The molecule has 4 atom stereocenters. The van der Waals surface area contributed by atoms with Crippen LogP contribution in [0, 0.1) is 11.8 Å². The molecule has 2 heterocycles. The molecule has 3 nitrogen and oxygen atoms in total. The highest BCUT2D eigenvalue weighted by Gasteiger charge is 2.31. The Kier molecular flexibility index (Phi) is 4.45. The van der Waals surface area contributed by atoms with Crippen molar-refractivity contribution < 1.29 is 4.74 Å². The first kappa shape index (κ1) is 13.3. The lowest BCUT2D eigenvalue weighted by Crippen LogP contribution is -2.58. The highest BCUT2D eigenvalue weighted by molar-refractivity contribution is 4.88. The van der Waals surface area contributed by atoms with Gasteiger partial charge in [0.1, 0.15) is 0 Å². The Morgan fingerprint density at radius 1 is 1.35 bits per heavy atom. The van der Waals surface area contributed by atoms with Gasteiger partial charge in [-0.15, -0.1) is 0 Å². The van der Waals surface area contributed by atoms with Gasteiger partial charge in [0.25, 0.3) is 0 Å². The zero-order chi connectivity index (χ0) is 12.4. The molecule has 0 radical (unpaired) electrons. The summed E-state index contributed by atoms with van der Waals surface area (Å²) < 4.78 is 5.67. The molecule has 2 fully saturated rings. The van der Waals surface area contributed by atoms with E-state index in [1.54, 1.807) is 0 Å². The van der Waals surface area contributed by atoms with E-state index in [-0.39, 0.29) is 0 Å². The normalized spacial score (nSPS) is 40.1. The van der Waals surface area contributed by atoms with Gasteiger partial charge in [-0.2, -0.15) is 0 Å². The Morgan fingerprint density at radius 2 is 2.12 bits per heavy atom. The Labute approximate surface area is 106 Å². The van der Waals surface area contributed by atoms with E-state index in [0.717, 1.165) is 25.0 Å². The minimum absolute atomic E-state index is 0.453. The Hall–Kier alpha value is -0.120. The molecule has 0 amide bonds. The van der Waals surface area contributed by atoms with Crippen LogP contribution < -0.4 is 5.32 Å². The second-order valence-corrected chi connectivity index (χ2v) is 6.19. The number of ether oxygens (including phenoxy) is 1. The number of rotatable bonds is 3. The SMILES string of the molecule is CC(C)C1CN(CC2CCOC2C)C(C)CN1. The van der Waals surface area contributed by atoms with Crippen molar-refractivity contribution in [3.63, 3.8) is 0 Å². The monoisotopic (exact) mass is 240 g/mol. The van der Waals surface area contributed by atoms with Crippen LogP contribution in [0.1, 0.15) is 34.1 Å². The largest absolute Gasteiger partial charge is 0.378 e. The van der Waals surface area contributed by atoms with Gasteiger partial charge in [-0.25, -0.2) is 0 Å². The van der Waals surface area contributed by atoms with Crippen LogP contribution in [0.3, 0.4) is 0 Å². The summed E-state index contributed by atoms with van der Waals surface area (Å²) in [6.07, 6.45) is 1.69. The van der Waals surface area contributed by atoms with Gasteiger partial charge in [0.05, 0.1) is 6.10 Å². The third-order valence-corrected chi connectivity index (χ3v) is 4.54. The van der Waals surface area contributed by atoms with E-state index in [1.165, 1.54) is 19.5 Å². The van der Waals surface area contributed by atoms with Crippen molar-refractivity contribution in [2.45, 2.75) is 52.3 Å². The summed E-state index contributed by atoms with van der Waals surface area (Å²) in [5, 5.41) is 3.66. The Bertz CT molecular complexity index is 244. The Morgan fingerprint density at radius 3 is 2.71 bits per heavy atom. The fourth-order valence-electron chi connectivity index (χ4n) is 2.97. The molecule has 2 aliphatic rings. The maximum Gasteiger partial charge on any atom is 0.0588 e. The van der Waals surface area contributed by atoms with Crippen LogP contribution in [0.2, 0.25) is 0 Å². The van der Waals surface area contributed by atoms with E-state index in [9.17, 15) is 0 Å². The first-order chi connectivity index (χ1) is 8.08. The predicted molar refractivity (Wildman–Crippen MR) is 71.2 cm³/mol. The summed E-state index contributed by atoms with van der Waals surface area (Å²) in [5.41, 5.74) is 0. The molecule has 4 unspecified atom stereocenters. The second kappa shape index (κ2) is 5.68. The first-order valence-electron chi connectivity index (χ1n) is 7.17. The zero-order valence-electron chi connectivity index (χ0n) is 11.8. The van der Waals surface area contributed by atoms with Gasteiger partial charge in [-0.3, -0.25) is 4.90 Å². The number of nitrogens with zero attached hydrogens (tertiary/aromatic N) is 1. The Balaban J connectivity index is 1.89. The van der Waals surface area contributed by atoms with E-state index < -0.39 is 0 Å². The van der Waals surface area contributed by atoms with Gasteiger partial charge < -0.3 is 10.1 Å². The van der Waals surface area contributed by atoms with E-state index in [1.807, 2.05) is 0 Å². The topological polar surface area (TPSA) is 24.5 Å². The quantitative estimate of drug-likeness (QED) is 0.813. The molecule has 2 rings (SSSR count). The van der Waals surface area contributed by atoms with E-state index in [0.29, 0.717) is 18.2 Å². The summed E-state index contributed by atoms with van der Waals surface area (Å²) in [6.45, 7) is 13.7. The molecule has 17 heavy (non-hydrogen) atoms. The molecule has 0 aromatic carbocycles. The molecule has 1 N–H and O–H groups in total. The number of hydrogen-bond donors (Lipinski definition) is 1. The second-order valence-electron chi connectivity index (χ2n) is 6.19. The molecule has 3 heteroatoms. The predicted octanol–water partition coefficient (Wildman–Crippen LogP) is 1.73. The maximum absolute atomic E-state index is 5.67. The number of piperazine rings is 1. The molecule has 0 saturated carbocycles. The summed E-state index contributed by atoms with van der Waals surface area (Å²) in [5.74, 6) is 1.46. The molecular weight excluding hydrogens is 212 g/mol. The average molecular weight is 240 g/mol. The van der Waals surface area contributed by atoms with Crippen molar-refractivity contribution in [1.29, 1.82) is 0 Å². The lowest BCUT2D eigenvalue weighted by Gasteiger charge is -2.41. The van der Waals surface area contributed by atoms with Crippen LogP contribution >= 0.6 is 0 Å². The van der Waals surface area contributed by atoms with Crippen molar-refractivity contribution in [2.75, 3.05) is 26.2 Å². The average Bonchev–Trinajstić information content (AvgIpc) is 2.67. The van der Waals surface area contributed by atoms with Crippen molar-refractivity contribution in [2.24, 2.45) is 11.8 Å². The molecule has 0 aliphatic carbocycles. The molecule has 2 aliphatic heterocycles. The van der Waals surface area contributed by atoms with Crippen LogP contribution in [-0.2, 0) is 4.74 Å². The summed E-state index contributed by atoms with van der Waals surface area (Å²) in [4.78, 5) is 2.66. The van der Waals surface area contributed by atoms with Gasteiger partial charge in [0.15, 0.2) is 0 Å². The van der Waals surface area contributed by atoms with Gasteiger partial charge in [0.2, 0.25) is 0 Å². The minimum atomic E-state index is 0.453. The van der Waals surface area contributed by atoms with Gasteiger partial charge in [0, 0.05) is 38.3 Å². The van der Waals surface area contributed by atoms with Crippen LogP contribution in [0.5, 0.6) is 0 Å². The lowest BCUT2D eigenvalue weighted by molar-refractivity contribution is 0.0662. The fraction of sp³-hybridized carbons (Fsp3) is 1.00. The minimum Gasteiger partial charge on any atom is -0.378 e. The van der Waals surface area contributed by atoms with Crippen LogP contribution in [0.15, 0.2) is 0 Å². The summed E-state index contributed by atoms with van der Waals surface area (Å²) in [7, 11) is 0. The smallest absolute Gasteiger partial charge is 0.0588 e. The zero-order valence-corrected chi connectivity index (χ0v) is 11.8. The van der Waals surface area contributed by atoms with Crippen molar-refractivity contribution in [3.05, 3.63) is 0 Å². The molecule has 100 valence electrons. The van der Waals surface area contributed by atoms with E-state index >= 15 is 0 Å². The molecule has 0 aromatic rings. The molecular formula is C14H28N2O. The van der Waals surface area contributed by atoms with Crippen LogP contribution in [0.4, 0.5) is 0 Å². The number of hydrogen-bond acceptors (Lipinski definition) is 3. The first-order valence-corrected chi connectivity index (χ1v) is 7.17. The molecule has 0 aromatic heterocycles. The third-order valence-electron chi connectivity index (χ3n) is 4.54. The number of nitrogens with one attached hydrogen (secondary N) is 1. The van der Waals surface area contributed by atoms with Gasteiger partial charge in [-0.1, -0.05) is 13.8 Å².